The lowest BCUT2D eigenvalue weighted by molar-refractivity contribution is 0.103. The summed E-state index contributed by atoms with van der Waals surface area (Å²) in [5.74, 6) is 4.44. The summed E-state index contributed by atoms with van der Waals surface area (Å²) in [7, 11) is 0. The van der Waals surface area contributed by atoms with Gasteiger partial charge in [0.25, 0.3) is 0 Å². The molecule has 20 heavy (non-hydrogen) atoms. The van der Waals surface area contributed by atoms with Crippen molar-refractivity contribution < 1.29 is 8.78 Å². The number of hydrazine groups is 1. The Morgan fingerprint density at radius 2 is 1.90 bits per heavy atom. The van der Waals surface area contributed by atoms with Crippen molar-refractivity contribution in [1.29, 1.82) is 0 Å². The minimum atomic E-state index is -0.627. The summed E-state index contributed by atoms with van der Waals surface area (Å²) in [4.78, 5) is 2.22. The van der Waals surface area contributed by atoms with Gasteiger partial charge in [0.05, 0.1) is 10.5 Å². The number of hydrogen-bond acceptors (Lipinski definition) is 3. The lowest BCUT2D eigenvalue weighted by Gasteiger charge is -2.42. The molecule has 0 saturated carbocycles. The minimum absolute atomic E-state index is 0.0150. The molecule has 1 aliphatic rings. The van der Waals surface area contributed by atoms with Crippen molar-refractivity contribution in [2.24, 2.45) is 5.84 Å². The van der Waals surface area contributed by atoms with Gasteiger partial charge >= 0.3 is 0 Å². The van der Waals surface area contributed by atoms with Gasteiger partial charge in [-0.05, 0) is 67.8 Å². The van der Waals surface area contributed by atoms with E-state index < -0.39 is 23.2 Å². The average molecular weight is 348 g/mol. The van der Waals surface area contributed by atoms with Crippen molar-refractivity contribution in [3.63, 3.8) is 0 Å². The largest absolute Gasteiger partial charge is 0.296 e. The Morgan fingerprint density at radius 3 is 2.45 bits per heavy atom. The molecule has 112 valence electrons. The second kappa shape index (κ2) is 6.05. The van der Waals surface area contributed by atoms with Crippen molar-refractivity contribution in [2.45, 2.75) is 38.3 Å². The van der Waals surface area contributed by atoms with E-state index in [9.17, 15) is 8.78 Å². The van der Waals surface area contributed by atoms with Gasteiger partial charge in [0.1, 0.15) is 11.6 Å². The van der Waals surface area contributed by atoms with E-state index in [1.54, 1.807) is 0 Å². The van der Waals surface area contributed by atoms with Crippen LogP contribution in [0.4, 0.5) is 8.78 Å². The van der Waals surface area contributed by atoms with Gasteiger partial charge in [-0.25, -0.2) is 8.78 Å². The maximum atomic E-state index is 14.3. The van der Waals surface area contributed by atoms with Crippen LogP contribution in [-0.4, -0.2) is 23.5 Å². The predicted molar refractivity (Wildman–Crippen MR) is 79.0 cm³/mol. The Bertz CT molecular complexity index is 488. The number of hydrogen-bond donors (Lipinski definition) is 2. The fraction of sp³-hybridized carbons (Fsp3) is 0.571. The fourth-order valence-corrected chi connectivity index (χ4v) is 3.27. The normalized spacial score (nSPS) is 18.5. The van der Waals surface area contributed by atoms with Crippen LogP contribution in [0.25, 0.3) is 0 Å². The van der Waals surface area contributed by atoms with Gasteiger partial charge in [0, 0.05) is 11.1 Å². The molecule has 1 aromatic carbocycles. The van der Waals surface area contributed by atoms with Crippen molar-refractivity contribution in [2.75, 3.05) is 13.1 Å². The quantitative estimate of drug-likeness (QED) is 0.499. The van der Waals surface area contributed by atoms with Crippen LogP contribution in [0, 0.1) is 11.6 Å². The van der Waals surface area contributed by atoms with Gasteiger partial charge in [-0.1, -0.05) is 0 Å². The van der Waals surface area contributed by atoms with E-state index >= 15 is 0 Å². The maximum absolute atomic E-state index is 14.3. The number of halogens is 3. The zero-order valence-corrected chi connectivity index (χ0v) is 13.3. The Balaban J connectivity index is 2.44. The van der Waals surface area contributed by atoms with Crippen molar-refractivity contribution >= 4 is 15.9 Å². The molecule has 1 saturated heterocycles. The van der Waals surface area contributed by atoms with Crippen molar-refractivity contribution in [1.82, 2.24) is 10.3 Å². The van der Waals surface area contributed by atoms with E-state index in [2.05, 4.69) is 26.3 Å². The summed E-state index contributed by atoms with van der Waals surface area (Å²) in [5, 5.41) is 0. The molecule has 0 aromatic heterocycles. The standard InChI is InChI=1S/C14H20BrF2N3/c1-14(2,20-7-3-4-8-20)13(19-18)11-10(16)6-5-9(15)12(11)17/h5-6,13,19H,3-4,7-8,18H2,1-2H3. The summed E-state index contributed by atoms with van der Waals surface area (Å²) in [6, 6.07) is 2.00. The molecule has 0 amide bonds. The van der Waals surface area contributed by atoms with E-state index in [4.69, 9.17) is 5.84 Å². The highest BCUT2D eigenvalue weighted by Gasteiger charge is 2.40. The Labute approximate surface area is 126 Å². The number of nitrogens with one attached hydrogen (secondary N) is 1. The highest BCUT2D eigenvalue weighted by molar-refractivity contribution is 9.10. The maximum Gasteiger partial charge on any atom is 0.145 e. The zero-order chi connectivity index (χ0) is 14.9. The van der Waals surface area contributed by atoms with E-state index in [-0.39, 0.29) is 10.0 Å². The molecule has 3 nitrogen and oxygen atoms in total. The van der Waals surface area contributed by atoms with Crippen LogP contribution in [0.3, 0.4) is 0 Å². The van der Waals surface area contributed by atoms with E-state index in [1.165, 1.54) is 12.1 Å². The van der Waals surface area contributed by atoms with Crippen LogP contribution in [0.1, 0.15) is 38.3 Å². The molecule has 1 fully saturated rings. The first-order valence-corrected chi connectivity index (χ1v) is 7.53. The first-order valence-electron chi connectivity index (χ1n) is 6.74. The van der Waals surface area contributed by atoms with Gasteiger partial charge in [0.15, 0.2) is 0 Å². The smallest absolute Gasteiger partial charge is 0.145 e. The van der Waals surface area contributed by atoms with Gasteiger partial charge in [-0.2, -0.15) is 0 Å². The number of nitrogens with two attached hydrogens (primary N) is 1. The second-order valence-corrected chi connectivity index (χ2v) is 6.56. The Kier molecular flexibility index (Phi) is 4.79. The Hall–Kier alpha value is -0.560. The van der Waals surface area contributed by atoms with Gasteiger partial charge < -0.3 is 0 Å². The topological polar surface area (TPSA) is 41.3 Å². The number of likely N-dealkylation sites (tertiary alicyclic amines) is 1. The van der Waals surface area contributed by atoms with E-state index in [0.717, 1.165) is 25.9 Å². The zero-order valence-electron chi connectivity index (χ0n) is 11.7. The van der Waals surface area contributed by atoms with Crippen LogP contribution in [-0.2, 0) is 0 Å². The number of rotatable bonds is 4. The molecular weight excluding hydrogens is 328 g/mol. The first-order chi connectivity index (χ1) is 9.39. The summed E-state index contributed by atoms with van der Waals surface area (Å²) in [6.45, 7) is 5.76. The van der Waals surface area contributed by atoms with E-state index in [0.29, 0.717) is 0 Å². The third-order valence-corrected chi connectivity index (χ3v) is 4.77. The van der Waals surface area contributed by atoms with E-state index in [1.807, 2.05) is 13.8 Å². The predicted octanol–water partition coefficient (Wildman–Crippen LogP) is 3.11. The monoisotopic (exact) mass is 347 g/mol. The van der Waals surface area contributed by atoms with Crippen LogP contribution in [0.5, 0.6) is 0 Å². The van der Waals surface area contributed by atoms with Crippen LogP contribution in [0.15, 0.2) is 16.6 Å². The second-order valence-electron chi connectivity index (χ2n) is 5.70. The number of nitrogens with zero attached hydrogens (tertiary/aromatic N) is 1. The highest BCUT2D eigenvalue weighted by atomic mass is 79.9. The molecule has 2 rings (SSSR count). The molecule has 3 N–H and O–H groups in total. The molecule has 0 aliphatic carbocycles. The van der Waals surface area contributed by atoms with Crippen LogP contribution < -0.4 is 11.3 Å². The molecule has 1 unspecified atom stereocenters. The van der Waals surface area contributed by atoms with Crippen molar-refractivity contribution in [3.05, 3.63) is 33.8 Å². The molecule has 6 heteroatoms. The lowest BCUT2D eigenvalue weighted by atomic mass is 9.87. The molecule has 0 spiro atoms. The highest BCUT2D eigenvalue weighted by Crippen LogP contribution is 2.37. The van der Waals surface area contributed by atoms with Gasteiger partial charge in [0.2, 0.25) is 0 Å². The molecule has 1 aromatic rings. The third kappa shape index (κ3) is 2.74. The fourth-order valence-electron chi connectivity index (χ4n) is 2.92. The first kappa shape index (κ1) is 15.8. The van der Waals surface area contributed by atoms with Crippen LogP contribution >= 0.6 is 15.9 Å². The Morgan fingerprint density at radius 1 is 1.30 bits per heavy atom. The molecule has 1 heterocycles. The summed E-state index contributed by atoms with van der Waals surface area (Å²) in [5.41, 5.74) is 2.11. The average Bonchev–Trinajstić information content (AvgIpc) is 2.93. The minimum Gasteiger partial charge on any atom is -0.296 e. The third-order valence-electron chi connectivity index (χ3n) is 4.16. The lowest BCUT2D eigenvalue weighted by Crippen LogP contribution is -2.53. The SMILES string of the molecule is CC(C)(C(NN)c1c(F)ccc(Br)c1F)N1CCCC1. The summed E-state index contributed by atoms with van der Waals surface area (Å²) < 4.78 is 28.7. The molecule has 1 aliphatic heterocycles. The summed E-state index contributed by atoms with van der Waals surface area (Å²) >= 11 is 3.10. The molecular formula is C14H20BrF2N3. The van der Waals surface area contributed by atoms with Crippen LogP contribution in [0.2, 0.25) is 0 Å². The molecule has 1 atom stereocenters. The van der Waals surface area contributed by atoms with Crippen molar-refractivity contribution in [3.8, 4) is 0 Å². The summed E-state index contributed by atoms with van der Waals surface area (Å²) in [6.07, 6.45) is 2.20. The molecule has 0 radical (unpaired) electrons. The van der Waals surface area contributed by atoms with Gasteiger partial charge in [-0.3, -0.25) is 16.2 Å². The molecule has 0 bridgehead atoms. The van der Waals surface area contributed by atoms with Gasteiger partial charge in [-0.15, -0.1) is 0 Å². The number of benzene rings is 1.